The van der Waals surface area contributed by atoms with E-state index in [-0.39, 0.29) is 5.91 Å². The average Bonchev–Trinajstić information content (AvgIpc) is 2.44. The van der Waals surface area contributed by atoms with E-state index in [9.17, 15) is 4.79 Å². The van der Waals surface area contributed by atoms with Crippen LogP contribution >= 0.6 is 15.9 Å². The molecule has 2 aromatic carbocycles. The molecular formula is C15H12BrN3O. The van der Waals surface area contributed by atoms with Crippen LogP contribution in [0.4, 0.5) is 11.4 Å². The second kappa shape index (κ2) is 6.22. The average molecular weight is 330 g/mol. The molecule has 3 N–H and O–H groups in total. The Morgan fingerprint density at radius 2 is 1.95 bits per heavy atom. The molecule has 0 saturated heterocycles. The minimum atomic E-state index is -0.239. The number of hydrogen-bond acceptors (Lipinski definition) is 3. The highest BCUT2D eigenvalue weighted by atomic mass is 79.9. The maximum atomic E-state index is 12.1. The van der Waals surface area contributed by atoms with Crippen LogP contribution in [0.2, 0.25) is 0 Å². The van der Waals surface area contributed by atoms with Crippen LogP contribution in [0.5, 0.6) is 0 Å². The van der Waals surface area contributed by atoms with Gasteiger partial charge in [-0.3, -0.25) is 4.79 Å². The molecule has 0 aliphatic rings. The van der Waals surface area contributed by atoms with Crippen LogP contribution in [-0.2, 0) is 6.42 Å². The van der Waals surface area contributed by atoms with Crippen molar-refractivity contribution in [2.75, 3.05) is 11.1 Å². The molecule has 0 fully saturated rings. The third-order valence-corrected chi connectivity index (χ3v) is 3.42. The number of amides is 1. The molecule has 4 nitrogen and oxygen atoms in total. The van der Waals surface area contributed by atoms with Crippen LogP contribution in [0.25, 0.3) is 0 Å². The normalized spacial score (nSPS) is 9.80. The Balaban J connectivity index is 2.15. The lowest BCUT2D eigenvalue weighted by molar-refractivity contribution is 0.102. The van der Waals surface area contributed by atoms with Crippen molar-refractivity contribution in [1.82, 2.24) is 0 Å². The summed E-state index contributed by atoms with van der Waals surface area (Å²) in [6.07, 6.45) is 0.356. The molecule has 2 rings (SSSR count). The Labute approximate surface area is 125 Å². The second-order valence-corrected chi connectivity index (χ2v) is 5.08. The molecule has 2 aromatic rings. The smallest absolute Gasteiger partial charge is 0.256 e. The second-order valence-electron chi connectivity index (χ2n) is 4.23. The number of benzene rings is 2. The fourth-order valence-corrected chi connectivity index (χ4v) is 2.14. The molecule has 0 aliphatic heterocycles. The van der Waals surface area contributed by atoms with E-state index in [4.69, 9.17) is 11.0 Å². The van der Waals surface area contributed by atoms with Gasteiger partial charge in [0.15, 0.2) is 0 Å². The van der Waals surface area contributed by atoms with Gasteiger partial charge in [0.05, 0.1) is 18.1 Å². The summed E-state index contributed by atoms with van der Waals surface area (Å²) in [5.41, 5.74) is 8.27. The van der Waals surface area contributed by atoms with Crippen molar-refractivity contribution in [3.63, 3.8) is 0 Å². The zero-order chi connectivity index (χ0) is 14.5. The van der Waals surface area contributed by atoms with Gasteiger partial charge in [-0.1, -0.05) is 12.1 Å². The van der Waals surface area contributed by atoms with Crippen molar-refractivity contribution in [2.45, 2.75) is 6.42 Å². The SMILES string of the molecule is N#CCc1ccc(NC(=O)c2cc(N)ccc2Br)cc1. The molecule has 5 heteroatoms. The molecule has 0 heterocycles. The summed E-state index contributed by atoms with van der Waals surface area (Å²) in [6.45, 7) is 0. The van der Waals surface area contributed by atoms with Crippen molar-refractivity contribution in [2.24, 2.45) is 0 Å². The number of carbonyl (C=O) groups is 1. The molecule has 0 bridgehead atoms. The molecule has 0 unspecified atom stereocenters. The van der Waals surface area contributed by atoms with Crippen LogP contribution < -0.4 is 11.1 Å². The highest BCUT2D eigenvalue weighted by Gasteiger charge is 2.10. The number of nitrogens with two attached hydrogens (primary N) is 1. The number of halogens is 1. The number of nitrogen functional groups attached to an aromatic ring is 1. The number of hydrogen-bond donors (Lipinski definition) is 2. The van der Waals surface area contributed by atoms with Crippen LogP contribution in [0.1, 0.15) is 15.9 Å². The van der Waals surface area contributed by atoms with Gasteiger partial charge in [0, 0.05) is 15.8 Å². The van der Waals surface area contributed by atoms with Gasteiger partial charge in [-0.05, 0) is 51.8 Å². The minimum Gasteiger partial charge on any atom is -0.399 e. The van der Waals surface area contributed by atoms with E-state index in [0.29, 0.717) is 27.8 Å². The number of nitriles is 1. The summed E-state index contributed by atoms with van der Waals surface area (Å²) in [5, 5.41) is 11.4. The molecule has 0 aromatic heterocycles. The highest BCUT2D eigenvalue weighted by Crippen LogP contribution is 2.21. The number of rotatable bonds is 3. The maximum Gasteiger partial charge on any atom is 0.256 e. The van der Waals surface area contributed by atoms with Gasteiger partial charge in [0.1, 0.15) is 0 Å². The maximum absolute atomic E-state index is 12.1. The third kappa shape index (κ3) is 3.37. The topological polar surface area (TPSA) is 78.9 Å². The predicted octanol–water partition coefficient (Wildman–Crippen LogP) is 3.35. The van der Waals surface area contributed by atoms with Crippen LogP contribution in [0.15, 0.2) is 46.9 Å². The van der Waals surface area contributed by atoms with Crippen LogP contribution in [-0.4, -0.2) is 5.91 Å². The Kier molecular flexibility index (Phi) is 4.38. The fourth-order valence-electron chi connectivity index (χ4n) is 1.71. The molecule has 0 atom stereocenters. The quantitative estimate of drug-likeness (QED) is 0.847. The summed E-state index contributed by atoms with van der Waals surface area (Å²) < 4.78 is 0.685. The predicted molar refractivity (Wildman–Crippen MR) is 82.3 cm³/mol. The molecule has 100 valence electrons. The van der Waals surface area contributed by atoms with Crippen molar-refractivity contribution in [1.29, 1.82) is 5.26 Å². The zero-order valence-electron chi connectivity index (χ0n) is 10.6. The standard InChI is InChI=1S/C15H12BrN3O/c16-14-6-3-11(18)9-13(14)15(20)19-12-4-1-10(2-5-12)7-8-17/h1-6,9H,7,18H2,(H,19,20). The molecule has 0 radical (unpaired) electrons. The van der Waals surface area contributed by atoms with Gasteiger partial charge < -0.3 is 11.1 Å². The minimum absolute atomic E-state index is 0.239. The molecule has 1 amide bonds. The summed E-state index contributed by atoms with van der Waals surface area (Å²) in [5.74, 6) is -0.239. The Hall–Kier alpha value is -2.32. The summed E-state index contributed by atoms with van der Waals surface area (Å²) in [6, 6.07) is 14.3. The van der Waals surface area contributed by atoms with Gasteiger partial charge in [-0.2, -0.15) is 5.26 Å². The van der Waals surface area contributed by atoms with Crippen molar-refractivity contribution in [3.05, 3.63) is 58.1 Å². The van der Waals surface area contributed by atoms with Gasteiger partial charge >= 0.3 is 0 Å². The summed E-state index contributed by atoms with van der Waals surface area (Å²) in [7, 11) is 0. The molecule has 0 aliphatic carbocycles. The first-order valence-corrected chi connectivity index (χ1v) is 6.71. The van der Waals surface area contributed by atoms with Crippen molar-refractivity contribution in [3.8, 4) is 6.07 Å². The Morgan fingerprint density at radius 3 is 2.60 bits per heavy atom. The van der Waals surface area contributed by atoms with Gasteiger partial charge in [0.2, 0.25) is 0 Å². The first-order valence-electron chi connectivity index (χ1n) is 5.92. The lowest BCUT2D eigenvalue weighted by Gasteiger charge is -2.08. The van der Waals surface area contributed by atoms with E-state index >= 15 is 0 Å². The van der Waals surface area contributed by atoms with Crippen molar-refractivity contribution >= 4 is 33.2 Å². The number of anilines is 2. The summed E-state index contributed by atoms with van der Waals surface area (Å²) >= 11 is 3.32. The van der Waals surface area contributed by atoms with E-state index in [2.05, 4.69) is 27.3 Å². The lowest BCUT2D eigenvalue weighted by atomic mass is 10.1. The molecule has 20 heavy (non-hydrogen) atoms. The van der Waals surface area contributed by atoms with Gasteiger partial charge in [-0.15, -0.1) is 0 Å². The summed E-state index contributed by atoms with van der Waals surface area (Å²) in [4.78, 5) is 12.1. The largest absolute Gasteiger partial charge is 0.399 e. The van der Waals surface area contributed by atoms with E-state index in [1.165, 1.54) is 0 Å². The van der Waals surface area contributed by atoms with Crippen molar-refractivity contribution < 1.29 is 4.79 Å². The number of nitrogens with zero attached hydrogens (tertiary/aromatic N) is 1. The Morgan fingerprint density at radius 1 is 1.25 bits per heavy atom. The first kappa shape index (κ1) is 14.1. The molecule has 0 saturated carbocycles. The van der Waals surface area contributed by atoms with Gasteiger partial charge in [-0.25, -0.2) is 0 Å². The van der Waals surface area contributed by atoms with E-state index < -0.39 is 0 Å². The monoisotopic (exact) mass is 329 g/mol. The third-order valence-electron chi connectivity index (χ3n) is 2.73. The molecule has 0 spiro atoms. The lowest BCUT2D eigenvalue weighted by Crippen LogP contribution is -2.13. The van der Waals surface area contributed by atoms with E-state index in [1.807, 2.05) is 12.1 Å². The Bertz CT molecular complexity index is 675. The molecular weight excluding hydrogens is 318 g/mol. The zero-order valence-corrected chi connectivity index (χ0v) is 12.1. The first-order chi connectivity index (χ1) is 9.60. The number of nitrogens with one attached hydrogen (secondary N) is 1. The van der Waals surface area contributed by atoms with Crippen LogP contribution in [0.3, 0.4) is 0 Å². The van der Waals surface area contributed by atoms with Crippen LogP contribution in [0, 0.1) is 11.3 Å². The van der Waals surface area contributed by atoms with E-state index in [0.717, 1.165) is 5.56 Å². The highest BCUT2D eigenvalue weighted by molar-refractivity contribution is 9.10. The fraction of sp³-hybridized carbons (Fsp3) is 0.0667. The van der Waals surface area contributed by atoms with Gasteiger partial charge in [0.25, 0.3) is 5.91 Å². The van der Waals surface area contributed by atoms with E-state index in [1.54, 1.807) is 30.3 Å². The number of carbonyl (C=O) groups excluding carboxylic acids is 1.